The van der Waals surface area contributed by atoms with Crippen molar-refractivity contribution in [2.24, 2.45) is 5.73 Å². The molecule has 0 radical (unpaired) electrons. The van der Waals surface area contributed by atoms with Gasteiger partial charge in [-0.1, -0.05) is 12.1 Å². The highest BCUT2D eigenvalue weighted by atomic mass is 16.5. The molecule has 1 atom stereocenters. The maximum Gasteiger partial charge on any atom is 0.118 e. The van der Waals surface area contributed by atoms with E-state index in [1.165, 1.54) is 5.56 Å². The lowest BCUT2D eigenvalue weighted by Gasteiger charge is -2.12. The number of hydrogen-bond donors (Lipinski definition) is 2. The van der Waals surface area contributed by atoms with Gasteiger partial charge in [0, 0.05) is 6.04 Å². The third-order valence-corrected chi connectivity index (χ3v) is 2.89. The Balaban J connectivity index is 2.17. The normalized spacial score (nSPS) is 12.4. The van der Waals surface area contributed by atoms with E-state index < -0.39 is 0 Å². The Kier molecular flexibility index (Phi) is 6.67. The maximum absolute atomic E-state index is 5.50. The van der Waals surface area contributed by atoms with Crippen LogP contribution >= 0.6 is 0 Å². The van der Waals surface area contributed by atoms with Gasteiger partial charge in [0.25, 0.3) is 0 Å². The van der Waals surface area contributed by atoms with Crippen molar-refractivity contribution >= 4 is 0 Å². The van der Waals surface area contributed by atoms with Gasteiger partial charge in [0.1, 0.15) is 5.75 Å². The molecule has 0 bridgehead atoms. The molecule has 1 aromatic rings. The summed E-state index contributed by atoms with van der Waals surface area (Å²) in [6.45, 7) is 3.99. The Hall–Kier alpha value is -1.06. The zero-order chi connectivity index (χ0) is 12.5. The van der Waals surface area contributed by atoms with E-state index in [1.807, 2.05) is 12.1 Å². The van der Waals surface area contributed by atoms with Crippen LogP contribution in [-0.2, 0) is 6.42 Å². The first-order valence-electron chi connectivity index (χ1n) is 6.32. The smallest absolute Gasteiger partial charge is 0.118 e. The highest BCUT2D eigenvalue weighted by molar-refractivity contribution is 5.27. The molecule has 1 aromatic carbocycles. The lowest BCUT2D eigenvalue weighted by atomic mass is 10.1. The van der Waals surface area contributed by atoms with Gasteiger partial charge in [-0.3, -0.25) is 0 Å². The van der Waals surface area contributed by atoms with Crippen LogP contribution in [0, 0.1) is 0 Å². The molecule has 0 saturated heterocycles. The molecule has 0 aliphatic rings. The second-order valence-corrected chi connectivity index (χ2v) is 4.38. The molecule has 3 heteroatoms. The van der Waals surface area contributed by atoms with Crippen LogP contribution in [0.5, 0.6) is 5.75 Å². The Morgan fingerprint density at radius 1 is 1.29 bits per heavy atom. The molecule has 0 fully saturated rings. The second kappa shape index (κ2) is 8.09. The van der Waals surface area contributed by atoms with Crippen molar-refractivity contribution in [2.45, 2.75) is 32.2 Å². The maximum atomic E-state index is 5.50. The Morgan fingerprint density at radius 2 is 2.00 bits per heavy atom. The van der Waals surface area contributed by atoms with Crippen LogP contribution in [0.3, 0.4) is 0 Å². The van der Waals surface area contributed by atoms with Crippen molar-refractivity contribution in [3.8, 4) is 5.75 Å². The minimum atomic E-state index is 0.524. The van der Waals surface area contributed by atoms with Crippen molar-refractivity contribution in [3.63, 3.8) is 0 Å². The third kappa shape index (κ3) is 5.71. The van der Waals surface area contributed by atoms with E-state index in [2.05, 4.69) is 24.4 Å². The minimum Gasteiger partial charge on any atom is -0.497 e. The molecule has 0 spiro atoms. The van der Waals surface area contributed by atoms with Crippen molar-refractivity contribution in [2.75, 3.05) is 20.2 Å². The molecule has 0 amide bonds. The predicted octanol–water partition coefficient (Wildman–Crippen LogP) is 1.95. The molecule has 1 rings (SSSR count). The highest BCUT2D eigenvalue weighted by Gasteiger charge is 1.99. The van der Waals surface area contributed by atoms with E-state index >= 15 is 0 Å². The number of nitrogens with two attached hydrogens (primary N) is 1. The number of benzene rings is 1. The number of methoxy groups -OCH3 is 1. The minimum absolute atomic E-state index is 0.524. The molecule has 96 valence electrons. The monoisotopic (exact) mass is 236 g/mol. The summed E-state index contributed by atoms with van der Waals surface area (Å²) < 4.78 is 5.13. The van der Waals surface area contributed by atoms with Crippen LogP contribution < -0.4 is 15.8 Å². The van der Waals surface area contributed by atoms with Crippen LogP contribution in [0.1, 0.15) is 25.3 Å². The fraction of sp³-hybridized carbons (Fsp3) is 0.571. The van der Waals surface area contributed by atoms with Gasteiger partial charge in [-0.2, -0.15) is 0 Å². The largest absolute Gasteiger partial charge is 0.497 e. The predicted molar refractivity (Wildman–Crippen MR) is 72.5 cm³/mol. The number of nitrogens with one attached hydrogen (secondary N) is 1. The molecular weight excluding hydrogens is 212 g/mol. The van der Waals surface area contributed by atoms with E-state index in [4.69, 9.17) is 10.5 Å². The topological polar surface area (TPSA) is 47.3 Å². The molecule has 0 aliphatic carbocycles. The molecule has 0 saturated carbocycles. The summed E-state index contributed by atoms with van der Waals surface area (Å²) in [5, 5.41) is 3.47. The van der Waals surface area contributed by atoms with Gasteiger partial charge in [0.15, 0.2) is 0 Å². The van der Waals surface area contributed by atoms with Crippen LogP contribution in [0.25, 0.3) is 0 Å². The quantitative estimate of drug-likeness (QED) is 0.678. The third-order valence-electron chi connectivity index (χ3n) is 2.89. The fourth-order valence-corrected chi connectivity index (χ4v) is 1.79. The van der Waals surface area contributed by atoms with E-state index in [-0.39, 0.29) is 0 Å². The van der Waals surface area contributed by atoms with Crippen LogP contribution in [0.2, 0.25) is 0 Å². The Morgan fingerprint density at radius 3 is 2.59 bits per heavy atom. The van der Waals surface area contributed by atoms with Gasteiger partial charge in [0.05, 0.1) is 7.11 Å². The Bertz CT molecular complexity index is 298. The summed E-state index contributed by atoms with van der Waals surface area (Å²) in [4.78, 5) is 0. The average molecular weight is 236 g/mol. The van der Waals surface area contributed by atoms with Crippen molar-refractivity contribution in [3.05, 3.63) is 29.8 Å². The lowest BCUT2D eigenvalue weighted by molar-refractivity contribution is 0.414. The highest BCUT2D eigenvalue weighted by Crippen LogP contribution is 2.12. The van der Waals surface area contributed by atoms with Gasteiger partial charge >= 0.3 is 0 Å². The summed E-state index contributed by atoms with van der Waals surface area (Å²) in [5.74, 6) is 0.920. The first-order valence-corrected chi connectivity index (χ1v) is 6.32. The summed E-state index contributed by atoms with van der Waals surface area (Å²) in [6, 6.07) is 8.81. The zero-order valence-corrected chi connectivity index (χ0v) is 10.9. The molecule has 0 aromatic heterocycles. The average Bonchev–Trinajstić information content (AvgIpc) is 2.36. The van der Waals surface area contributed by atoms with E-state index in [1.54, 1.807) is 7.11 Å². The first kappa shape index (κ1) is 14.0. The molecule has 3 N–H and O–H groups in total. The van der Waals surface area contributed by atoms with Gasteiger partial charge in [-0.15, -0.1) is 0 Å². The summed E-state index contributed by atoms with van der Waals surface area (Å²) in [6.07, 6.45) is 3.30. The van der Waals surface area contributed by atoms with Gasteiger partial charge in [0.2, 0.25) is 0 Å². The van der Waals surface area contributed by atoms with E-state index in [0.717, 1.165) is 38.1 Å². The SMILES string of the molecule is COc1ccc(CCCNC(C)CCN)cc1. The van der Waals surface area contributed by atoms with Gasteiger partial charge < -0.3 is 15.8 Å². The molecule has 0 aliphatic heterocycles. The first-order chi connectivity index (χ1) is 8.26. The van der Waals surface area contributed by atoms with Crippen LogP contribution in [0.15, 0.2) is 24.3 Å². The summed E-state index contributed by atoms with van der Waals surface area (Å²) >= 11 is 0. The fourth-order valence-electron chi connectivity index (χ4n) is 1.79. The molecular formula is C14H24N2O. The van der Waals surface area contributed by atoms with Crippen molar-refractivity contribution in [1.29, 1.82) is 0 Å². The van der Waals surface area contributed by atoms with Crippen LogP contribution in [-0.4, -0.2) is 26.2 Å². The van der Waals surface area contributed by atoms with Crippen molar-refractivity contribution < 1.29 is 4.74 Å². The number of hydrogen-bond acceptors (Lipinski definition) is 3. The number of aryl methyl sites for hydroxylation is 1. The van der Waals surface area contributed by atoms with Gasteiger partial charge in [-0.25, -0.2) is 0 Å². The summed E-state index contributed by atoms with van der Waals surface area (Å²) in [7, 11) is 1.69. The molecule has 3 nitrogen and oxygen atoms in total. The molecule has 0 heterocycles. The van der Waals surface area contributed by atoms with Crippen molar-refractivity contribution in [1.82, 2.24) is 5.32 Å². The van der Waals surface area contributed by atoms with E-state index in [0.29, 0.717) is 6.04 Å². The summed E-state index contributed by atoms with van der Waals surface area (Å²) in [5.41, 5.74) is 6.86. The zero-order valence-electron chi connectivity index (χ0n) is 10.9. The number of ether oxygens (including phenoxy) is 1. The number of rotatable bonds is 8. The lowest BCUT2D eigenvalue weighted by Crippen LogP contribution is -2.29. The second-order valence-electron chi connectivity index (χ2n) is 4.38. The van der Waals surface area contributed by atoms with E-state index in [9.17, 15) is 0 Å². The standard InChI is InChI=1S/C14H24N2O/c1-12(9-10-15)16-11-3-4-13-5-7-14(17-2)8-6-13/h5-8,12,16H,3-4,9-11,15H2,1-2H3. The van der Waals surface area contributed by atoms with Gasteiger partial charge in [-0.05, 0) is 57.0 Å². The Labute approximate surface area is 104 Å². The molecule has 17 heavy (non-hydrogen) atoms. The van der Waals surface area contributed by atoms with Crippen LogP contribution in [0.4, 0.5) is 0 Å². The molecule has 1 unspecified atom stereocenters.